The number of hydrogen-bond donors (Lipinski definition) is 0. The van der Waals surface area contributed by atoms with Gasteiger partial charge in [0.05, 0.1) is 6.61 Å². The van der Waals surface area contributed by atoms with Crippen molar-refractivity contribution in [2.75, 3.05) is 19.8 Å². The average Bonchev–Trinajstić information content (AvgIpc) is 2.85. The Morgan fingerprint density at radius 2 is 2.18 bits per heavy atom. The fourth-order valence-corrected chi connectivity index (χ4v) is 1.71. The van der Waals surface area contributed by atoms with E-state index in [1.807, 2.05) is 30.3 Å². The van der Waals surface area contributed by atoms with Crippen LogP contribution < -0.4 is 0 Å². The molecule has 0 unspecified atom stereocenters. The molecule has 0 N–H and O–H groups in total. The summed E-state index contributed by atoms with van der Waals surface area (Å²) in [4.78, 5) is 4.53. The maximum Gasteiger partial charge on any atom is 0.216 e. The van der Waals surface area contributed by atoms with Crippen LogP contribution in [-0.4, -0.2) is 31.8 Å². The normalized spacial score (nSPS) is 18.9. The van der Waals surface area contributed by atoms with Gasteiger partial charge < -0.3 is 9.47 Å². The standard InChI is InChI=1S/C14H19NO2/c1-2-3-9-16-10-13-11-17-14(15-13)12-7-5-4-6-8-12/h4-8,13H,2-3,9-11H2,1H3/t13-/m1/s1. The predicted molar refractivity (Wildman–Crippen MR) is 68.4 cm³/mol. The van der Waals surface area contributed by atoms with Gasteiger partial charge in [-0.1, -0.05) is 31.5 Å². The summed E-state index contributed by atoms with van der Waals surface area (Å²) in [6.45, 7) is 4.28. The summed E-state index contributed by atoms with van der Waals surface area (Å²) in [5.41, 5.74) is 1.04. The van der Waals surface area contributed by atoms with Gasteiger partial charge in [-0.05, 0) is 18.6 Å². The first-order valence-electron chi connectivity index (χ1n) is 6.24. The largest absolute Gasteiger partial charge is 0.475 e. The highest BCUT2D eigenvalue weighted by molar-refractivity contribution is 5.95. The van der Waals surface area contributed by atoms with Gasteiger partial charge >= 0.3 is 0 Å². The smallest absolute Gasteiger partial charge is 0.216 e. The molecule has 0 aromatic heterocycles. The molecule has 0 bridgehead atoms. The van der Waals surface area contributed by atoms with Crippen LogP contribution in [0.2, 0.25) is 0 Å². The van der Waals surface area contributed by atoms with Gasteiger partial charge in [-0.3, -0.25) is 0 Å². The van der Waals surface area contributed by atoms with Crippen LogP contribution in [0.5, 0.6) is 0 Å². The second kappa shape index (κ2) is 6.40. The van der Waals surface area contributed by atoms with E-state index in [1.165, 1.54) is 6.42 Å². The van der Waals surface area contributed by atoms with E-state index in [0.717, 1.165) is 24.5 Å². The second-order valence-corrected chi connectivity index (χ2v) is 4.19. The van der Waals surface area contributed by atoms with Gasteiger partial charge in [0.2, 0.25) is 5.90 Å². The van der Waals surface area contributed by atoms with Crippen LogP contribution in [0.3, 0.4) is 0 Å². The third kappa shape index (κ3) is 3.56. The molecule has 0 amide bonds. The summed E-state index contributed by atoms with van der Waals surface area (Å²) in [6.07, 6.45) is 2.28. The van der Waals surface area contributed by atoms with E-state index in [4.69, 9.17) is 9.47 Å². The highest BCUT2D eigenvalue weighted by Gasteiger charge is 2.19. The predicted octanol–water partition coefficient (Wildman–Crippen LogP) is 2.65. The average molecular weight is 233 g/mol. The molecule has 0 aliphatic carbocycles. The molecule has 0 radical (unpaired) electrons. The van der Waals surface area contributed by atoms with E-state index in [0.29, 0.717) is 13.2 Å². The van der Waals surface area contributed by atoms with Crippen LogP contribution in [0.1, 0.15) is 25.3 Å². The van der Waals surface area contributed by atoms with Crippen molar-refractivity contribution >= 4 is 5.90 Å². The molecule has 1 atom stereocenters. The van der Waals surface area contributed by atoms with Crippen LogP contribution in [0.25, 0.3) is 0 Å². The Morgan fingerprint density at radius 1 is 1.35 bits per heavy atom. The molecule has 0 fully saturated rings. The Hall–Kier alpha value is -1.35. The van der Waals surface area contributed by atoms with Crippen LogP contribution >= 0.6 is 0 Å². The van der Waals surface area contributed by atoms with Crippen molar-refractivity contribution in [3.8, 4) is 0 Å². The number of rotatable bonds is 6. The van der Waals surface area contributed by atoms with E-state index in [9.17, 15) is 0 Å². The third-order valence-electron chi connectivity index (χ3n) is 2.69. The first kappa shape index (κ1) is 12.1. The molecule has 1 aliphatic rings. The van der Waals surface area contributed by atoms with E-state index >= 15 is 0 Å². The van der Waals surface area contributed by atoms with Crippen molar-refractivity contribution in [1.29, 1.82) is 0 Å². The summed E-state index contributed by atoms with van der Waals surface area (Å²) in [7, 11) is 0. The van der Waals surface area contributed by atoms with Crippen LogP contribution in [0.4, 0.5) is 0 Å². The van der Waals surface area contributed by atoms with Gasteiger partial charge in [-0.25, -0.2) is 4.99 Å². The molecule has 92 valence electrons. The molecule has 1 aliphatic heterocycles. The van der Waals surface area contributed by atoms with Crippen LogP contribution in [0, 0.1) is 0 Å². The maximum absolute atomic E-state index is 5.58. The number of ether oxygens (including phenoxy) is 2. The lowest BCUT2D eigenvalue weighted by molar-refractivity contribution is 0.110. The van der Waals surface area contributed by atoms with E-state index in [-0.39, 0.29) is 6.04 Å². The third-order valence-corrected chi connectivity index (χ3v) is 2.69. The fraction of sp³-hybridized carbons (Fsp3) is 0.500. The lowest BCUT2D eigenvalue weighted by Crippen LogP contribution is -2.15. The molecular formula is C14H19NO2. The molecule has 2 rings (SSSR count). The summed E-state index contributed by atoms with van der Waals surface area (Å²) in [5.74, 6) is 0.745. The minimum atomic E-state index is 0.155. The highest BCUT2D eigenvalue weighted by Crippen LogP contribution is 2.12. The van der Waals surface area contributed by atoms with Crippen molar-refractivity contribution in [2.45, 2.75) is 25.8 Å². The number of nitrogens with zero attached hydrogens (tertiary/aromatic N) is 1. The first-order chi connectivity index (χ1) is 8.40. The van der Waals surface area contributed by atoms with Crippen molar-refractivity contribution in [3.63, 3.8) is 0 Å². The monoisotopic (exact) mass is 233 g/mol. The topological polar surface area (TPSA) is 30.8 Å². The molecule has 3 heteroatoms. The maximum atomic E-state index is 5.58. The number of benzene rings is 1. The number of hydrogen-bond acceptors (Lipinski definition) is 3. The summed E-state index contributed by atoms with van der Waals surface area (Å²) < 4.78 is 11.1. The van der Waals surface area contributed by atoms with Crippen molar-refractivity contribution in [1.82, 2.24) is 0 Å². The van der Waals surface area contributed by atoms with Gasteiger partial charge in [0, 0.05) is 12.2 Å². The molecular weight excluding hydrogens is 214 g/mol. The number of aliphatic imine (C=N–C) groups is 1. The molecule has 0 saturated heterocycles. The zero-order chi connectivity index (χ0) is 11.9. The Kier molecular flexibility index (Phi) is 4.56. The van der Waals surface area contributed by atoms with E-state index < -0.39 is 0 Å². The Morgan fingerprint density at radius 3 is 2.94 bits per heavy atom. The summed E-state index contributed by atoms with van der Waals surface area (Å²) in [5, 5.41) is 0. The minimum Gasteiger partial charge on any atom is -0.475 e. The molecule has 17 heavy (non-hydrogen) atoms. The van der Waals surface area contributed by atoms with Crippen LogP contribution in [0.15, 0.2) is 35.3 Å². The van der Waals surface area contributed by atoms with Crippen LogP contribution in [-0.2, 0) is 9.47 Å². The first-order valence-corrected chi connectivity index (χ1v) is 6.24. The van der Waals surface area contributed by atoms with Crippen molar-refractivity contribution in [3.05, 3.63) is 35.9 Å². The van der Waals surface area contributed by atoms with Gasteiger partial charge in [-0.15, -0.1) is 0 Å². The van der Waals surface area contributed by atoms with Crippen molar-refractivity contribution in [2.24, 2.45) is 4.99 Å². The Bertz CT molecular complexity index is 362. The van der Waals surface area contributed by atoms with E-state index in [2.05, 4.69) is 11.9 Å². The second-order valence-electron chi connectivity index (χ2n) is 4.19. The van der Waals surface area contributed by atoms with Gasteiger partial charge in [-0.2, -0.15) is 0 Å². The lowest BCUT2D eigenvalue weighted by Gasteiger charge is -2.05. The van der Waals surface area contributed by atoms with Gasteiger partial charge in [0.15, 0.2) is 0 Å². The Balaban J connectivity index is 1.82. The molecule has 0 saturated carbocycles. The van der Waals surface area contributed by atoms with Crippen molar-refractivity contribution < 1.29 is 9.47 Å². The quantitative estimate of drug-likeness (QED) is 0.707. The zero-order valence-electron chi connectivity index (χ0n) is 10.3. The molecule has 1 aromatic carbocycles. The fourth-order valence-electron chi connectivity index (χ4n) is 1.71. The molecule has 3 nitrogen and oxygen atoms in total. The lowest BCUT2D eigenvalue weighted by atomic mass is 10.2. The van der Waals surface area contributed by atoms with Gasteiger partial charge in [0.25, 0.3) is 0 Å². The minimum absolute atomic E-state index is 0.155. The Labute approximate surface area is 102 Å². The summed E-state index contributed by atoms with van der Waals surface area (Å²) in [6, 6.07) is 10.2. The molecule has 1 heterocycles. The van der Waals surface area contributed by atoms with E-state index in [1.54, 1.807) is 0 Å². The SMILES string of the molecule is CCCCOC[C@@H]1COC(c2ccccc2)=N1. The highest BCUT2D eigenvalue weighted by atomic mass is 16.5. The zero-order valence-corrected chi connectivity index (χ0v) is 10.3. The molecule has 0 spiro atoms. The number of unbranched alkanes of at least 4 members (excludes halogenated alkanes) is 1. The van der Waals surface area contributed by atoms with Gasteiger partial charge in [0.1, 0.15) is 12.6 Å². The summed E-state index contributed by atoms with van der Waals surface area (Å²) >= 11 is 0. The molecule has 1 aromatic rings.